The maximum absolute atomic E-state index is 14.5. The fourth-order valence-corrected chi connectivity index (χ4v) is 6.31. The van der Waals surface area contributed by atoms with Crippen LogP contribution in [0.3, 0.4) is 0 Å². The first kappa shape index (κ1) is 23.8. The van der Waals surface area contributed by atoms with E-state index < -0.39 is 23.2 Å². The lowest BCUT2D eigenvalue weighted by atomic mass is 9.66. The van der Waals surface area contributed by atoms with Gasteiger partial charge in [-0.2, -0.15) is 5.10 Å². The van der Waals surface area contributed by atoms with Crippen LogP contribution in [-0.4, -0.2) is 30.3 Å². The molecule has 0 amide bonds. The van der Waals surface area contributed by atoms with Crippen LogP contribution in [0.1, 0.15) is 75.2 Å². The third kappa shape index (κ3) is 3.29. The molecule has 1 unspecified atom stereocenters. The van der Waals surface area contributed by atoms with Gasteiger partial charge in [-0.3, -0.25) is 4.98 Å². The van der Waals surface area contributed by atoms with Gasteiger partial charge in [0.15, 0.2) is 0 Å². The summed E-state index contributed by atoms with van der Waals surface area (Å²) in [6.07, 6.45) is 5.69. The lowest BCUT2D eigenvalue weighted by Gasteiger charge is -2.37. The Hall–Kier alpha value is -3.59. The standard InChI is InChI=1S/C28H27F2N5O2/c1-14(2)24(36)21-13-37-26(33-21)20-11-31-12-22(32-20)28-9-8-16(27(28,3)4)15-10-19(34-35-25(15)28)23-17(29)6-5-7-18(23)30/h5-7,10-14,16,24,36H,8-9H2,1-4H3/t16-,24?,28+/m0/s1. The molecule has 1 fully saturated rings. The molecule has 190 valence electrons. The SMILES string of the molecule is CC(C)C(O)c1coc(-c2cncc([C@]34CC[C@@H](c5cc(-c6c(F)cccc6F)nnc53)C4(C)C)n2)n1. The van der Waals surface area contributed by atoms with Crippen LogP contribution in [0.4, 0.5) is 8.78 Å². The molecule has 1 N–H and O–H groups in total. The number of oxazole rings is 1. The number of fused-ring (bicyclic) bond motifs is 5. The number of nitrogens with zero attached hydrogens (tertiary/aromatic N) is 5. The van der Waals surface area contributed by atoms with Crippen molar-refractivity contribution >= 4 is 0 Å². The summed E-state index contributed by atoms with van der Waals surface area (Å²) < 4.78 is 34.7. The molecule has 3 atom stereocenters. The topological polar surface area (TPSA) is 97.8 Å². The predicted molar refractivity (Wildman–Crippen MR) is 131 cm³/mol. The summed E-state index contributed by atoms with van der Waals surface area (Å²) in [5, 5.41) is 19.2. The van der Waals surface area contributed by atoms with Crippen molar-refractivity contribution in [1.82, 2.24) is 25.1 Å². The van der Waals surface area contributed by atoms with E-state index in [9.17, 15) is 13.9 Å². The number of hydrogen-bond donors (Lipinski definition) is 1. The van der Waals surface area contributed by atoms with Crippen molar-refractivity contribution in [1.29, 1.82) is 0 Å². The highest BCUT2D eigenvalue weighted by Crippen LogP contribution is 2.69. The number of rotatable bonds is 5. The van der Waals surface area contributed by atoms with Crippen molar-refractivity contribution in [3.63, 3.8) is 0 Å². The summed E-state index contributed by atoms with van der Waals surface area (Å²) in [7, 11) is 0. The summed E-state index contributed by atoms with van der Waals surface area (Å²) in [5.74, 6) is -0.952. The van der Waals surface area contributed by atoms with Gasteiger partial charge in [0.1, 0.15) is 35.4 Å². The van der Waals surface area contributed by atoms with Crippen molar-refractivity contribution in [2.24, 2.45) is 11.3 Å². The average Bonchev–Trinajstić information content (AvgIpc) is 3.52. The first-order chi connectivity index (χ1) is 17.6. The van der Waals surface area contributed by atoms with Crippen LogP contribution in [0.2, 0.25) is 0 Å². The second kappa shape index (κ2) is 8.21. The Labute approximate surface area is 213 Å². The van der Waals surface area contributed by atoms with Gasteiger partial charge in [0, 0.05) is 6.20 Å². The van der Waals surface area contributed by atoms with Crippen LogP contribution < -0.4 is 0 Å². The third-order valence-electron chi connectivity index (χ3n) is 8.35. The van der Waals surface area contributed by atoms with Gasteiger partial charge in [-0.05, 0) is 53.9 Å². The van der Waals surface area contributed by atoms with E-state index in [-0.39, 0.29) is 34.4 Å². The normalized spacial score (nSPS) is 22.4. The van der Waals surface area contributed by atoms with Crippen molar-refractivity contribution in [2.75, 3.05) is 0 Å². The van der Waals surface area contributed by atoms with Gasteiger partial charge in [0.2, 0.25) is 5.89 Å². The van der Waals surface area contributed by atoms with E-state index >= 15 is 0 Å². The Kier molecular flexibility index (Phi) is 5.28. The monoisotopic (exact) mass is 503 g/mol. The van der Waals surface area contributed by atoms with Crippen LogP contribution in [0, 0.1) is 23.0 Å². The van der Waals surface area contributed by atoms with E-state index in [0.717, 1.165) is 29.8 Å². The molecule has 9 heteroatoms. The van der Waals surface area contributed by atoms with Crippen LogP contribution in [0.5, 0.6) is 0 Å². The molecule has 7 nitrogen and oxygen atoms in total. The molecule has 2 aliphatic carbocycles. The molecule has 6 rings (SSSR count). The fraction of sp³-hybridized carbons (Fsp3) is 0.393. The average molecular weight is 504 g/mol. The number of hydrogen-bond acceptors (Lipinski definition) is 7. The van der Waals surface area contributed by atoms with Crippen molar-refractivity contribution in [3.05, 3.63) is 77.2 Å². The number of halogens is 2. The highest BCUT2D eigenvalue weighted by molar-refractivity contribution is 5.64. The summed E-state index contributed by atoms with van der Waals surface area (Å²) in [4.78, 5) is 13.8. The molecule has 0 aliphatic heterocycles. The van der Waals surface area contributed by atoms with Gasteiger partial charge in [0.05, 0.1) is 34.3 Å². The van der Waals surface area contributed by atoms with Crippen molar-refractivity contribution in [2.45, 2.75) is 58.0 Å². The Bertz CT molecular complexity index is 1500. The zero-order valence-corrected chi connectivity index (χ0v) is 21.0. The molecule has 1 aromatic carbocycles. The predicted octanol–water partition coefficient (Wildman–Crippen LogP) is 5.76. The van der Waals surface area contributed by atoms with E-state index in [0.29, 0.717) is 11.4 Å². The van der Waals surface area contributed by atoms with Gasteiger partial charge < -0.3 is 9.52 Å². The Morgan fingerprint density at radius 3 is 2.54 bits per heavy atom. The number of aliphatic hydroxyl groups excluding tert-OH is 1. The molecule has 37 heavy (non-hydrogen) atoms. The first-order valence-electron chi connectivity index (χ1n) is 12.4. The number of benzene rings is 1. The lowest BCUT2D eigenvalue weighted by Crippen LogP contribution is -2.38. The Morgan fingerprint density at radius 2 is 1.81 bits per heavy atom. The molecule has 2 aliphatic rings. The van der Waals surface area contributed by atoms with Crippen molar-refractivity contribution in [3.8, 4) is 22.8 Å². The molecule has 3 heterocycles. The molecule has 0 saturated heterocycles. The molecular weight excluding hydrogens is 476 g/mol. The minimum Gasteiger partial charge on any atom is -0.443 e. The number of aromatic nitrogens is 5. The minimum atomic E-state index is -0.743. The Balaban J connectivity index is 1.46. The Morgan fingerprint density at radius 1 is 1.05 bits per heavy atom. The highest BCUT2D eigenvalue weighted by atomic mass is 19.1. The molecule has 3 aromatic heterocycles. The third-order valence-corrected chi connectivity index (χ3v) is 8.35. The van der Waals surface area contributed by atoms with E-state index in [2.05, 4.69) is 34.0 Å². The van der Waals surface area contributed by atoms with Gasteiger partial charge >= 0.3 is 0 Å². The molecule has 0 radical (unpaired) electrons. The van der Waals surface area contributed by atoms with E-state index in [1.165, 1.54) is 24.5 Å². The second-order valence-corrected chi connectivity index (χ2v) is 10.9. The van der Waals surface area contributed by atoms with Crippen LogP contribution >= 0.6 is 0 Å². The van der Waals surface area contributed by atoms with Gasteiger partial charge in [-0.15, -0.1) is 5.10 Å². The van der Waals surface area contributed by atoms with Crippen LogP contribution in [-0.2, 0) is 5.41 Å². The van der Waals surface area contributed by atoms with E-state index in [1.54, 1.807) is 18.5 Å². The fourth-order valence-electron chi connectivity index (χ4n) is 6.31. The summed E-state index contributed by atoms with van der Waals surface area (Å²) in [6.45, 7) is 8.15. The smallest absolute Gasteiger partial charge is 0.247 e. The quantitative estimate of drug-likeness (QED) is 0.370. The molecule has 1 saturated carbocycles. The molecule has 4 aromatic rings. The van der Waals surface area contributed by atoms with E-state index in [4.69, 9.17) is 9.40 Å². The molecule has 2 bridgehead atoms. The van der Waals surface area contributed by atoms with Gasteiger partial charge in [-0.1, -0.05) is 33.8 Å². The van der Waals surface area contributed by atoms with Crippen molar-refractivity contribution < 1.29 is 18.3 Å². The van der Waals surface area contributed by atoms with E-state index in [1.807, 2.05) is 13.8 Å². The zero-order valence-electron chi connectivity index (χ0n) is 21.0. The van der Waals surface area contributed by atoms with Crippen LogP contribution in [0.15, 0.2) is 47.3 Å². The summed E-state index contributed by atoms with van der Waals surface area (Å²) in [5.41, 5.74) is 2.47. The first-order valence-corrected chi connectivity index (χ1v) is 12.4. The maximum atomic E-state index is 14.5. The van der Waals surface area contributed by atoms with Crippen LogP contribution in [0.25, 0.3) is 22.8 Å². The second-order valence-electron chi connectivity index (χ2n) is 10.9. The van der Waals surface area contributed by atoms with Gasteiger partial charge in [0.25, 0.3) is 0 Å². The summed E-state index contributed by atoms with van der Waals surface area (Å²) in [6, 6.07) is 5.56. The van der Waals surface area contributed by atoms with Gasteiger partial charge in [-0.25, -0.2) is 18.7 Å². The maximum Gasteiger partial charge on any atom is 0.247 e. The minimum absolute atomic E-state index is 0.0122. The lowest BCUT2D eigenvalue weighted by molar-refractivity contribution is 0.122. The summed E-state index contributed by atoms with van der Waals surface area (Å²) >= 11 is 0. The highest BCUT2D eigenvalue weighted by Gasteiger charge is 2.65. The molecule has 0 spiro atoms. The zero-order chi connectivity index (χ0) is 26.1. The number of aliphatic hydroxyl groups is 1. The molecular formula is C28H27F2N5O2. The largest absolute Gasteiger partial charge is 0.443 e.